The Labute approximate surface area is 114 Å². The summed E-state index contributed by atoms with van der Waals surface area (Å²) in [4.78, 5) is 13.7. The minimum absolute atomic E-state index is 0.000873. The summed E-state index contributed by atoms with van der Waals surface area (Å²) < 4.78 is 0. The Hall–Kier alpha value is -1.06. The molecule has 1 N–H and O–H groups in total. The van der Waals surface area contributed by atoms with E-state index in [2.05, 4.69) is 10.2 Å². The number of carbonyl (C=O) groups is 1. The lowest BCUT2D eigenvalue weighted by Gasteiger charge is -2.26. The maximum atomic E-state index is 11.6. The van der Waals surface area contributed by atoms with E-state index in [0.717, 1.165) is 10.6 Å². The van der Waals surface area contributed by atoms with Crippen LogP contribution < -0.4 is 5.32 Å². The van der Waals surface area contributed by atoms with Crippen molar-refractivity contribution in [3.05, 3.63) is 34.9 Å². The predicted molar refractivity (Wildman–Crippen MR) is 75.7 cm³/mol. The van der Waals surface area contributed by atoms with E-state index in [0.29, 0.717) is 6.54 Å². The van der Waals surface area contributed by atoms with Crippen molar-refractivity contribution in [2.75, 3.05) is 20.6 Å². The predicted octanol–water partition coefficient (Wildman–Crippen LogP) is 2.71. The molecule has 1 atom stereocenters. The Kier molecular flexibility index (Phi) is 5.63. The zero-order valence-corrected chi connectivity index (χ0v) is 12.2. The lowest BCUT2D eigenvalue weighted by molar-refractivity contribution is -0.124. The molecule has 0 saturated carbocycles. The van der Waals surface area contributed by atoms with Gasteiger partial charge in [0.25, 0.3) is 0 Å². The topological polar surface area (TPSA) is 32.3 Å². The Morgan fingerprint density at radius 1 is 1.33 bits per heavy atom. The Bertz CT molecular complexity index is 405. The first-order chi connectivity index (χ1) is 8.43. The van der Waals surface area contributed by atoms with E-state index in [9.17, 15) is 4.79 Å². The second-order valence-electron chi connectivity index (χ2n) is 4.90. The van der Waals surface area contributed by atoms with Crippen molar-refractivity contribution in [3.63, 3.8) is 0 Å². The van der Waals surface area contributed by atoms with Gasteiger partial charge in [-0.05, 0) is 25.7 Å². The van der Waals surface area contributed by atoms with Crippen LogP contribution in [0.1, 0.15) is 25.5 Å². The van der Waals surface area contributed by atoms with Crippen LogP contribution in [0.15, 0.2) is 24.3 Å². The summed E-state index contributed by atoms with van der Waals surface area (Å²) in [6, 6.07) is 7.82. The molecule has 0 fully saturated rings. The molecule has 18 heavy (non-hydrogen) atoms. The molecule has 0 aliphatic rings. The largest absolute Gasteiger partial charge is 0.354 e. The first kappa shape index (κ1) is 15.0. The molecule has 4 heteroatoms. The van der Waals surface area contributed by atoms with Gasteiger partial charge in [0.2, 0.25) is 5.91 Å². The van der Waals surface area contributed by atoms with Gasteiger partial charge in [0.1, 0.15) is 0 Å². The van der Waals surface area contributed by atoms with Gasteiger partial charge in [0, 0.05) is 17.5 Å². The molecule has 0 aliphatic carbocycles. The number of hydrogen-bond acceptors (Lipinski definition) is 2. The SMILES string of the molecule is CC(C)C(=O)NCC(c1ccccc1Cl)N(C)C. The third-order valence-electron chi connectivity index (χ3n) is 2.88. The van der Waals surface area contributed by atoms with Crippen molar-refractivity contribution < 1.29 is 4.79 Å². The molecule has 0 aromatic heterocycles. The summed E-state index contributed by atoms with van der Waals surface area (Å²) in [5.74, 6) is 0.0629. The molecule has 1 rings (SSSR count). The van der Waals surface area contributed by atoms with E-state index in [4.69, 9.17) is 11.6 Å². The molecular weight excluding hydrogens is 248 g/mol. The molecule has 1 amide bonds. The number of amides is 1. The fourth-order valence-corrected chi connectivity index (χ4v) is 1.98. The molecule has 0 heterocycles. The third kappa shape index (κ3) is 4.00. The summed E-state index contributed by atoms with van der Waals surface area (Å²) in [6.45, 7) is 4.33. The lowest BCUT2D eigenvalue weighted by Crippen LogP contribution is -2.36. The number of halogens is 1. The minimum atomic E-state index is -0.000873. The fourth-order valence-electron chi connectivity index (χ4n) is 1.72. The Morgan fingerprint density at radius 3 is 2.44 bits per heavy atom. The van der Waals surface area contributed by atoms with E-state index in [1.807, 2.05) is 52.2 Å². The van der Waals surface area contributed by atoms with Gasteiger partial charge >= 0.3 is 0 Å². The number of likely N-dealkylation sites (N-methyl/N-ethyl adjacent to an activating group) is 1. The molecular formula is C14H21ClN2O. The van der Waals surface area contributed by atoms with Crippen LogP contribution in [-0.2, 0) is 4.79 Å². The molecule has 0 bridgehead atoms. The highest BCUT2D eigenvalue weighted by atomic mass is 35.5. The van der Waals surface area contributed by atoms with Crippen LogP contribution in [0.5, 0.6) is 0 Å². The zero-order valence-electron chi connectivity index (χ0n) is 11.4. The van der Waals surface area contributed by atoms with Crippen molar-refractivity contribution in [3.8, 4) is 0 Å². The fraction of sp³-hybridized carbons (Fsp3) is 0.500. The maximum absolute atomic E-state index is 11.6. The quantitative estimate of drug-likeness (QED) is 0.891. The van der Waals surface area contributed by atoms with Crippen molar-refractivity contribution in [2.24, 2.45) is 5.92 Å². The molecule has 0 aliphatic heterocycles. The van der Waals surface area contributed by atoms with Crippen LogP contribution in [-0.4, -0.2) is 31.4 Å². The lowest BCUT2D eigenvalue weighted by atomic mass is 10.1. The molecule has 0 radical (unpaired) electrons. The van der Waals surface area contributed by atoms with Gasteiger partial charge in [-0.1, -0.05) is 43.6 Å². The molecule has 3 nitrogen and oxygen atoms in total. The second-order valence-corrected chi connectivity index (χ2v) is 5.31. The van der Waals surface area contributed by atoms with E-state index >= 15 is 0 Å². The van der Waals surface area contributed by atoms with Crippen molar-refractivity contribution >= 4 is 17.5 Å². The highest BCUT2D eigenvalue weighted by Gasteiger charge is 2.18. The number of hydrogen-bond donors (Lipinski definition) is 1. The van der Waals surface area contributed by atoms with Gasteiger partial charge in [-0.3, -0.25) is 4.79 Å². The first-order valence-corrected chi connectivity index (χ1v) is 6.49. The van der Waals surface area contributed by atoms with E-state index < -0.39 is 0 Å². The molecule has 1 aromatic rings. The van der Waals surface area contributed by atoms with Gasteiger partial charge in [-0.15, -0.1) is 0 Å². The normalized spacial score (nSPS) is 12.8. The average Bonchev–Trinajstić information content (AvgIpc) is 2.30. The second kappa shape index (κ2) is 6.76. The third-order valence-corrected chi connectivity index (χ3v) is 3.23. The number of rotatable bonds is 5. The number of benzene rings is 1. The summed E-state index contributed by atoms with van der Waals surface area (Å²) in [7, 11) is 3.96. The Morgan fingerprint density at radius 2 is 1.94 bits per heavy atom. The highest BCUT2D eigenvalue weighted by molar-refractivity contribution is 6.31. The number of nitrogens with one attached hydrogen (secondary N) is 1. The number of nitrogens with zero attached hydrogens (tertiary/aromatic N) is 1. The zero-order chi connectivity index (χ0) is 13.7. The van der Waals surface area contributed by atoms with Gasteiger partial charge in [-0.25, -0.2) is 0 Å². The van der Waals surface area contributed by atoms with Gasteiger partial charge in [0.15, 0.2) is 0 Å². The summed E-state index contributed by atoms with van der Waals surface area (Å²) in [5, 5.41) is 3.68. The van der Waals surface area contributed by atoms with Crippen molar-refractivity contribution in [1.29, 1.82) is 0 Å². The first-order valence-electron chi connectivity index (χ1n) is 6.12. The molecule has 1 unspecified atom stereocenters. The van der Waals surface area contributed by atoms with Crippen LogP contribution in [0.4, 0.5) is 0 Å². The van der Waals surface area contributed by atoms with Crippen molar-refractivity contribution in [2.45, 2.75) is 19.9 Å². The van der Waals surface area contributed by atoms with E-state index in [1.54, 1.807) is 0 Å². The minimum Gasteiger partial charge on any atom is -0.354 e. The van der Waals surface area contributed by atoms with Crippen LogP contribution >= 0.6 is 11.6 Å². The van der Waals surface area contributed by atoms with Crippen molar-refractivity contribution in [1.82, 2.24) is 10.2 Å². The number of carbonyl (C=O) groups excluding carboxylic acids is 1. The monoisotopic (exact) mass is 268 g/mol. The molecule has 0 spiro atoms. The van der Waals surface area contributed by atoms with Crippen LogP contribution in [0.3, 0.4) is 0 Å². The average molecular weight is 269 g/mol. The van der Waals surface area contributed by atoms with Crippen LogP contribution in [0, 0.1) is 5.92 Å². The molecule has 100 valence electrons. The maximum Gasteiger partial charge on any atom is 0.222 e. The molecule has 0 saturated heterocycles. The van der Waals surface area contributed by atoms with Gasteiger partial charge in [0.05, 0.1) is 6.04 Å². The highest BCUT2D eigenvalue weighted by Crippen LogP contribution is 2.25. The van der Waals surface area contributed by atoms with Crippen LogP contribution in [0.25, 0.3) is 0 Å². The summed E-state index contributed by atoms with van der Waals surface area (Å²) >= 11 is 6.20. The van der Waals surface area contributed by atoms with Crippen LogP contribution in [0.2, 0.25) is 5.02 Å². The summed E-state index contributed by atoms with van der Waals surface area (Å²) in [6.07, 6.45) is 0. The smallest absolute Gasteiger partial charge is 0.222 e. The standard InChI is InChI=1S/C14H21ClN2O/c1-10(2)14(18)16-9-13(17(3)4)11-7-5-6-8-12(11)15/h5-8,10,13H,9H2,1-4H3,(H,16,18). The van der Waals surface area contributed by atoms with Gasteiger partial charge < -0.3 is 10.2 Å². The summed E-state index contributed by atoms with van der Waals surface area (Å²) in [5.41, 5.74) is 1.04. The molecule has 1 aromatic carbocycles. The van der Waals surface area contributed by atoms with E-state index in [1.165, 1.54) is 0 Å². The van der Waals surface area contributed by atoms with Gasteiger partial charge in [-0.2, -0.15) is 0 Å². The van der Waals surface area contributed by atoms with E-state index in [-0.39, 0.29) is 17.9 Å². The Balaban J connectivity index is 2.79.